The summed E-state index contributed by atoms with van der Waals surface area (Å²) in [7, 11) is 0. The molecule has 0 spiro atoms. The summed E-state index contributed by atoms with van der Waals surface area (Å²) >= 11 is 0. The zero-order valence-electron chi connectivity index (χ0n) is 48.7. The zero-order chi connectivity index (χ0) is 61.3. The van der Waals surface area contributed by atoms with Crippen LogP contribution in [0.4, 0.5) is 48.2 Å². The van der Waals surface area contributed by atoms with Crippen molar-refractivity contribution in [2.45, 2.75) is 115 Å². The molecule has 0 aliphatic carbocycles. The molecule has 4 unspecified atom stereocenters. The summed E-state index contributed by atoms with van der Waals surface area (Å²) in [6, 6.07) is 18.1. The van der Waals surface area contributed by atoms with Gasteiger partial charge < -0.3 is 36.6 Å². The first-order valence-corrected chi connectivity index (χ1v) is 28.8. The maximum Gasteiger partial charge on any atom is 0.418 e. The molecule has 3 aliphatic heterocycles. The van der Waals surface area contributed by atoms with E-state index in [-0.39, 0.29) is 51.9 Å². The topological polar surface area (TPSA) is 257 Å². The Hall–Kier alpha value is -7.94. The van der Waals surface area contributed by atoms with E-state index in [2.05, 4.69) is 98.4 Å². The van der Waals surface area contributed by atoms with Crippen molar-refractivity contribution in [2.75, 3.05) is 60.5 Å². The standard InChI is InChI=1S/C21H25F3N6.C20H25FN6.C19H21F3N6O.4H2/c1-13(2)11-20(25)8-4-10-30(12-20)16-7-6-15(21(22,23)24)18(27-16)17-14-5-3-9-26-19(14)29-28-17;1-13(2)11-20(22)8-4-10-27(12-20)16-7-6-15(21)18(24-16)17-14-5-3-9-23-19(14)26-25-17;1-18(29,19(2,21)22)13-10-28(9-8-23-13)14-6-5-12(20)16(25-14)15-11-4-3-7-24-17(11)27-26-15;;;;/h3,5-7,9,13H,4,8,10-12,25H2,1-2H3,(H,26,28,29);3,5-7,9,13H,4,8,10-12,22H2,1-2H3,(H,23,25,26);3-7,13,23,29H,8-10H2,1-2H3,(H,24,26,27);4*1H. The maximum atomic E-state index is 14.6. The Balaban J connectivity index is 0.000000210. The van der Waals surface area contributed by atoms with E-state index in [1.165, 1.54) is 24.3 Å². The number of piperazine rings is 1. The third kappa shape index (κ3) is 13.2. The lowest BCUT2D eigenvalue weighted by molar-refractivity contribution is -0.174. The molecular weight excluding hydrogens is 1120 g/mol. The van der Waals surface area contributed by atoms with Gasteiger partial charge in [-0.15, -0.1) is 0 Å². The number of nitrogens with zero attached hydrogens (tertiary/aromatic N) is 12. The Morgan fingerprint density at radius 3 is 1.42 bits per heavy atom. The zero-order valence-corrected chi connectivity index (χ0v) is 48.7. The number of halogens is 7. The number of hydrogen-bond donors (Lipinski definition) is 7. The monoisotopic (exact) mass is 1200 g/mol. The fourth-order valence-electron chi connectivity index (χ4n) is 12.0. The molecule has 0 aromatic carbocycles. The third-order valence-electron chi connectivity index (χ3n) is 16.1. The van der Waals surface area contributed by atoms with E-state index in [0.717, 1.165) is 75.8 Å². The lowest BCUT2D eigenvalue weighted by Gasteiger charge is -2.43. The number of aliphatic hydroxyl groups is 1. The Morgan fingerprint density at radius 1 is 0.593 bits per heavy atom. The van der Waals surface area contributed by atoms with Crippen LogP contribution in [0.15, 0.2) is 91.4 Å². The molecule has 9 N–H and O–H groups in total. The Labute approximate surface area is 498 Å². The summed E-state index contributed by atoms with van der Waals surface area (Å²) < 4.78 is 98.1. The molecule has 3 saturated heterocycles. The number of rotatable bonds is 12. The predicted molar refractivity (Wildman–Crippen MR) is 326 cm³/mol. The quantitative estimate of drug-likeness (QED) is 0.0561. The maximum absolute atomic E-state index is 14.6. The van der Waals surface area contributed by atoms with E-state index >= 15 is 0 Å². The summed E-state index contributed by atoms with van der Waals surface area (Å²) in [4.78, 5) is 31.8. The number of aromatic amines is 3. The van der Waals surface area contributed by atoms with Crippen molar-refractivity contribution in [3.63, 3.8) is 0 Å². The molecule has 19 nitrogen and oxygen atoms in total. The number of aromatic nitrogens is 12. The van der Waals surface area contributed by atoms with Crippen LogP contribution >= 0.6 is 0 Å². The van der Waals surface area contributed by atoms with Gasteiger partial charge in [-0.2, -0.15) is 28.5 Å². The smallest absolute Gasteiger partial charge is 0.382 e. The van der Waals surface area contributed by atoms with Crippen molar-refractivity contribution in [3.05, 3.63) is 109 Å². The number of H-pyrrole nitrogens is 3. The van der Waals surface area contributed by atoms with E-state index < -0.39 is 35.1 Å². The fraction of sp³-hybridized carbons (Fsp3) is 0.450. The Kier molecular flexibility index (Phi) is 17.4. The number of fused-ring (bicyclic) bond motifs is 3. The molecule has 86 heavy (non-hydrogen) atoms. The second-order valence-electron chi connectivity index (χ2n) is 23.9. The molecule has 0 radical (unpaired) electrons. The summed E-state index contributed by atoms with van der Waals surface area (Å²) in [5.74, 6) is -1.58. The van der Waals surface area contributed by atoms with Crippen molar-refractivity contribution in [1.82, 2.24) is 65.8 Å². The van der Waals surface area contributed by atoms with E-state index in [4.69, 9.17) is 11.5 Å². The number of nitrogens with two attached hydrogens (primary N) is 2. The van der Waals surface area contributed by atoms with Crippen LogP contribution in [0.2, 0.25) is 0 Å². The van der Waals surface area contributed by atoms with Crippen molar-refractivity contribution in [3.8, 4) is 34.2 Å². The van der Waals surface area contributed by atoms with Crippen molar-refractivity contribution in [2.24, 2.45) is 23.3 Å². The SMILES string of the molecule is CC(C)CC1(N)CCCN(c2ccc(C(F)(F)F)c(-c3[nH]nc4ncccc34)n2)C1.CC(C)CC1(N)CCCN(c2ccc(F)c(-c3[nH]nc4ncccc34)n2)C1.CC(F)(F)C(C)(O)C1CN(c2ccc(F)c(-c3[nH]nc4ncccc34)n2)CCN1.[HH].[HH].[HH].[HH]. The van der Waals surface area contributed by atoms with Crippen LogP contribution in [0.25, 0.3) is 67.3 Å². The van der Waals surface area contributed by atoms with Crippen LogP contribution in [0.1, 0.15) is 91.3 Å². The summed E-state index contributed by atoms with van der Waals surface area (Å²) in [6.07, 6.45) is 5.86. The molecule has 3 aliphatic rings. The van der Waals surface area contributed by atoms with Gasteiger partial charge in [0, 0.05) is 104 Å². The highest BCUT2D eigenvalue weighted by atomic mass is 19.4. The molecule has 464 valence electrons. The van der Waals surface area contributed by atoms with Gasteiger partial charge in [-0.1, -0.05) is 27.7 Å². The minimum atomic E-state index is -4.54. The molecule has 0 bridgehead atoms. The van der Waals surface area contributed by atoms with Crippen molar-refractivity contribution < 1.29 is 41.5 Å². The number of hydrogen-bond acceptors (Lipinski definition) is 16. The second-order valence-corrected chi connectivity index (χ2v) is 23.9. The molecule has 9 aromatic heterocycles. The number of nitrogens with one attached hydrogen (secondary N) is 4. The minimum Gasteiger partial charge on any atom is -0.382 e. The molecule has 4 atom stereocenters. The number of pyridine rings is 6. The van der Waals surface area contributed by atoms with Gasteiger partial charge in [0.25, 0.3) is 5.92 Å². The molecule has 0 amide bonds. The van der Waals surface area contributed by atoms with Crippen LogP contribution in [0, 0.1) is 23.5 Å². The number of piperidine rings is 2. The fourth-order valence-corrected chi connectivity index (χ4v) is 12.0. The summed E-state index contributed by atoms with van der Waals surface area (Å²) in [5.41, 5.74) is 12.3. The molecule has 12 rings (SSSR count). The first kappa shape index (κ1) is 61.2. The first-order valence-electron chi connectivity index (χ1n) is 28.8. The highest BCUT2D eigenvalue weighted by Gasteiger charge is 2.51. The summed E-state index contributed by atoms with van der Waals surface area (Å²) in [5, 5.41) is 35.8. The highest BCUT2D eigenvalue weighted by Crippen LogP contribution is 2.40. The van der Waals surface area contributed by atoms with Crippen LogP contribution in [0.3, 0.4) is 0 Å². The van der Waals surface area contributed by atoms with E-state index in [0.29, 0.717) is 95.7 Å². The van der Waals surface area contributed by atoms with Crippen LogP contribution in [-0.4, -0.2) is 140 Å². The van der Waals surface area contributed by atoms with E-state index in [1.54, 1.807) is 53.8 Å². The molecular formula is C60H79F7N18O. The van der Waals surface area contributed by atoms with Crippen molar-refractivity contribution >= 4 is 50.6 Å². The predicted octanol–water partition coefficient (Wildman–Crippen LogP) is 11.2. The van der Waals surface area contributed by atoms with Gasteiger partial charge in [0.1, 0.15) is 40.1 Å². The average Bonchev–Trinajstić information content (AvgIpc) is 1.46. The van der Waals surface area contributed by atoms with E-state index in [9.17, 15) is 35.8 Å². The van der Waals surface area contributed by atoms with Gasteiger partial charge in [0.05, 0.1) is 28.7 Å². The van der Waals surface area contributed by atoms with Crippen molar-refractivity contribution in [1.29, 1.82) is 0 Å². The van der Waals surface area contributed by atoms with Crippen LogP contribution in [0.5, 0.6) is 0 Å². The number of alkyl halides is 5. The lowest BCUT2D eigenvalue weighted by atomic mass is 9.83. The molecule has 3 fully saturated rings. The number of anilines is 3. The molecule has 9 aromatic rings. The van der Waals surface area contributed by atoms with Gasteiger partial charge >= 0.3 is 6.18 Å². The van der Waals surface area contributed by atoms with Gasteiger partial charge in [-0.3, -0.25) is 15.3 Å². The van der Waals surface area contributed by atoms with Crippen LogP contribution in [-0.2, 0) is 6.18 Å². The minimum absolute atomic E-state index is 0. The normalized spacial score (nSPS) is 20.3. The first-order chi connectivity index (χ1) is 40.8. The largest absolute Gasteiger partial charge is 0.418 e. The van der Waals surface area contributed by atoms with Crippen LogP contribution < -0.4 is 31.5 Å². The Bertz CT molecular complexity index is 3830. The van der Waals surface area contributed by atoms with Gasteiger partial charge in [-0.25, -0.2) is 47.5 Å². The van der Waals surface area contributed by atoms with Gasteiger partial charge in [0.15, 0.2) is 28.6 Å². The highest BCUT2D eigenvalue weighted by molar-refractivity contribution is 5.92. The Morgan fingerprint density at radius 2 is 1.00 bits per heavy atom. The lowest BCUT2D eigenvalue weighted by Crippen LogP contribution is -2.65. The second kappa shape index (κ2) is 24.4. The van der Waals surface area contributed by atoms with Gasteiger partial charge in [0.2, 0.25) is 0 Å². The molecule has 26 heteroatoms. The average molecular weight is 1200 g/mol. The third-order valence-corrected chi connectivity index (χ3v) is 16.1. The molecule has 12 heterocycles. The summed E-state index contributed by atoms with van der Waals surface area (Å²) in [6.45, 7) is 14.3. The van der Waals surface area contributed by atoms with E-state index in [1.807, 2.05) is 17.0 Å². The van der Waals surface area contributed by atoms with Gasteiger partial charge in [-0.05, 0) is 130 Å². The molecule has 0 saturated carbocycles.